The van der Waals surface area contributed by atoms with E-state index in [0.29, 0.717) is 30.3 Å². The van der Waals surface area contributed by atoms with Crippen molar-refractivity contribution >= 4 is 17.8 Å². The van der Waals surface area contributed by atoms with Crippen molar-refractivity contribution in [2.45, 2.75) is 13.0 Å². The molecule has 128 valence electrons. The van der Waals surface area contributed by atoms with E-state index < -0.39 is 12.1 Å². The van der Waals surface area contributed by atoms with Crippen LogP contribution in [-0.4, -0.2) is 31.1 Å². The van der Waals surface area contributed by atoms with Gasteiger partial charge in [0.2, 0.25) is 5.78 Å². The van der Waals surface area contributed by atoms with Gasteiger partial charge in [-0.15, -0.1) is 0 Å². The lowest BCUT2D eigenvalue weighted by molar-refractivity contribution is -0.140. The van der Waals surface area contributed by atoms with E-state index in [1.54, 1.807) is 49.4 Å². The van der Waals surface area contributed by atoms with Crippen LogP contribution in [0.5, 0.6) is 11.5 Å². The second-order valence-electron chi connectivity index (χ2n) is 5.55. The summed E-state index contributed by atoms with van der Waals surface area (Å²) in [5.74, 6) is 0.524. The third kappa shape index (κ3) is 4.26. The summed E-state index contributed by atoms with van der Waals surface area (Å²) in [5.41, 5.74) is 1.29. The van der Waals surface area contributed by atoms with Crippen LogP contribution in [0.2, 0.25) is 0 Å². The van der Waals surface area contributed by atoms with E-state index in [4.69, 9.17) is 14.2 Å². The van der Waals surface area contributed by atoms with Crippen LogP contribution in [0.4, 0.5) is 0 Å². The number of benzene rings is 2. The van der Waals surface area contributed by atoms with Crippen molar-refractivity contribution in [1.82, 2.24) is 0 Å². The number of hydrogen-bond acceptors (Lipinski definition) is 5. The van der Waals surface area contributed by atoms with Gasteiger partial charge in [-0.2, -0.15) is 0 Å². The Morgan fingerprint density at radius 1 is 1.04 bits per heavy atom. The minimum absolute atomic E-state index is 0.235. The largest absolute Gasteiger partial charge is 0.486 e. The molecular formula is C20H18O5. The quantitative estimate of drug-likeness (QED) is 0.476. The average Bonchev–Trinajstić information content (AvgIpc) is 2.66. The Balaban J connectivity index is 1.60. The fraction of sp³-hybridized carbons (Fsp3) is 0.200. The van der Waals surface area contributed by atoms with Crippen molar-refractivity contribution in [3.63, 3.8) is 0 Å². The number of Topliss-reactive ketones (excluding diaryl/α,β-unsaturated/α-hetero) is 1. The molecule has 0 saturated heterocycles. The van der Waals surface area contributed by atoms with E-state index in [2.05, 4.69) is 0 Å². The smallest absolute Gasteiger partial charge is 0.331 e. The molecular weight excluding hydrogens is 320 g/mol. The Labute approximate surface area is 145 Å². The molecule has 0 spiro atoms. The maximum Gasteiger partial charge on any atom is 0.331 e. The van der Waals surface area contributed by atoms with Crippen LogP contribution in [0, 0.1) is 0 Å². The molecule has 0 unspecified atom stereocenters. The van der Waals surface area contributed by atoms with Crippen LogP contribution in [-0.2, 0) is 9.53 Å². The van der Waals surface area contributed by atoms with Gasteiger partial charge in [0, 0.05) is 11.6 Å². The zero-order chi connectivity index (χ0) is 17.6. The predicted molar refractivity (Wildman–Crippen MR) is 92.8 cm³/mol. The minimum atomic E-state index is -0.847. The molecule has 0 amide bonds. The molecule has 2 aromatic carbocycles. The summed E-state index contributed by atoms with van der Waals surface area (Å²) in [6.07, 6.45) is 2.06. The van der Waals surface area contributed by atoms with E-state index in [9.17, 15) is 9.59 Å². The SMILES string of the molecule is C[C@H](OC(=O)/C=C/c1ccc2c(c1)OCCO2)C(=O)c1ccccc1. The third-order valence-corrected chi connectivity index (χ3v) is 3.70. The van der Waals surface area contributed by atoms with E-state index in [-0.39, 0.29) is 5.78 Å². The normalized spacial score (nSPS) is 14.1. The van der Waals surface area contributed by atoms with Gasteiger partial charge in [0.05, 0.1) is 0 Å². The Kier molecular flexibility index (Phi) is 5.14. The maximum atomic E-state index is 12.2. The van der Waals surface area contributed by atoms with Gasteiger partial charge in [0.25, 0.3) is 0 Å². The standard InChI is InChI=1S/C20H18O5/c1-14(20(22)16-5-3-2-4-6-16)25-19(21)10-8-15-7-9-17-18(13-15)24-12-11-23-17/h2-10,13-14H,11-12H2,1H3/b10-8+/t14-/m0/s1. The summed E-state index contributed by atoms with van der Waals surface area (Å²) in [5, 5.41) is 0. The first-order valence-corrected chi connectivity index (χ1v) is 8.01. The molecule has 0 radical (unpaired) electrons. The summed E-state index contributed by atoms with van der Waals surface area (Å²) in [6.45, 7) is 2.59. The summed E-state index contributed by atoms with van der Waals surface area (Å²) < 4.78 is 16.1. The van der Waals surface area contributed by atoms with Crippen molar-refractivity contribution < 1.29 is 23.8 Å². The number of carbonyl (C=O) groups excluding carboxylic acids is 2. The van der Waals surface area contributed by atoms with E-state index in [1.165, 1.54) is 6.08 Å². The van der Waals surface area contributed by atoms with Crippen LogP contribution in [0.3, 0.4) is 0 Å². The highest BCUT2D eigenvalue weighted by Gasteiger charge is 2.18. The molecule has 1 aliphatic heterocycles. The van der Waals surface area contributed by atoms with Gasteiger partial charge in [-0.05, 0) is 30.7 Å². The molecule has 0 bridgehead atoms. The zero-order valence-electron chi connectivity index (χ0n) is 13.8. The Morgan fingerprint density at radius 2 is 1.76 bits per heavy atom. The maximum absolute atomic E-state index is 12.2. The molecule has 0 fully saturated rings. The lowest BCUT2D eigenvalue weighted by atomic mass is 10.1. The Bertz CT molecular complexity index is 795. The van der Waals surface area contributed by atoms with Gasteiger partial charge in [0.15, 0.2) is 17.6 Å². The highest BCUT2D eigenvalue weighted by molar-refractivity contribution is 6.01. The highest BCUT2D eigenvalue weighted by Crippen LogP contribution is 2.31. The summed E-state index contributed by atoms with van der Waals surface area (Å²) in [7, 11) is 0. The number of ether oxygens (including phenoxy) is 3. The van der Waals surface area contributed by atoms with Crippen molar-refractivity contribution in [3.05, 3.63) is 65.7 Å². The molecule has 5 nitrogen and oxygen atoms in total. The average molecular weight is 338 g/mol. The number of ketones is 1. The molecule has 3 rings (SSSR count). The van der Waals surface area contributed by atoms with Gasteiger partial charge >= 0.3 is 5.97 Å². The molecule has 1 atom stereocenters. The van der Waals surface area contributed by atoms with E-state index >= 15 is 0 Å². The lowest BCUT2D eigenvalue weighted by Crippen LogP contribution is -2.23. The Morgan fingerprint density at radius 3 is 2.52 bits per heavy atom. The summed E-state index contributed by atoms with van der Waals surface area (Å²) in [4.78, 5) is 24.1. The van der Waals surface area contributed by atoms with Crippen LogP contribution in [0.15, 0.2) is 54.6 Å². The van der Waals surface area contributed by atoms with E-state index in [1.807, 2.05) is 12.1 Å². The van der Waals surface area contributed by atoms with Crippen molar-refractivity contribution in [2.75, 3.05) is 13.2 Å². The first-order valence-electron chi connectivity index (χ1n) is 8.01. The lowest BCUT2D eigenvalue weighted by Gasteiger charge is -2.18. The van der Waals surface area contributed by atoms with Crippen LogP contribution >= 0.6 is 0 Å². The Hall–Kier alpha value is -3.08. The molecule has 2 aromatic rings. The molecule has 1 aliphatic rings. The topological polar surface area (TPSA) is 61.8 Å². The third-order valence-electron chi connectivity index (χ3n) is 3.70. The number of fused-ring (bicyclic) bond motifs is 1. The molecule has 25 heavy (non-hydrogen) atoms. The predicted octanol–water partition coefficient (Wildman–Crippen LogP) is 3.29. The molecule has 1 heterocycles. The second-order valence-corrected chi connectivity index (χ2v) is 5.55. The molecule has 0 N–H and O–H groups in total. The second kappa shape index (κ2) is 7.66. The molecule has 0 saturated carbocycles. The summed E-state index contributed by atoms with van der Waals surface area (Å²) >= 11 is 0. The molecule has 5 heteroatoms. The van der Waals surface area contributed by atoms with Gasteiger partial charge in [-0.3, -0.25) is 4.79 Å². The number of hydrogen-bond donors (Lipinski definition) is 0. The highest BCUT2D eigenvalue weighted by atomic mass is 16.6. The minimum Gasteiger partial charge on any atom is -0.486 e. The van der Waals surface area contributed by atoms with Gasteiger partial charge in [0.1, 0.15) is 13.2 Å². The van der Waals surface area contributed by atoms with Gasteiger partial charge < -0.3 is 14.2 Å². The van der Waals surface area contributed by atoms with E-state index in [0.717, 1.165) is 5.56 Å². The monoisotopic (exact) mass is 338 g/mol. The number of carbonyl (C=O) groups is 2. The first-order chi connectivity index (χ1) is 12.1. The zero-order valence-corrected chi connectivity index (χ0v) is 13.8. The fourth-order valence-electron chi connectivity index (χ4n) is 2.43. The number of esters is 1. The first kappa shape index (κ1) is 16.8. The van der Waals surface area contributed by atoms with Gasteiger partial charge in [-0.25, -0.2) is 4.79 Å². The van der Waals surface area contributed by atoms with Crippen molar-refractivity contribution in [3.8, 4) is 11.5 Å². The van der Waals surface area contributed by atoms with Crippen LogP contribution in [0.1, 0.15) is 22.8 Å². The number of rotatable bonds is 5. The van der Waals surface area contributed by atoms with Crippen LogP contribution in [0.25, 0.3) is 6.08 Å². The van der Waals surface area contributed by atoms with Crippen molar-refractivity contribution in [1.29, 1.82) is 0 Å². The molecule has 0 aromatic heterocycles. The van der Waals surface area contributed by atoms with Crippen LogP contribution < -0.4 is 9.47 Å². The summed E-state index contributed by atoms with van der Waals surface area (Å²) in [6, 6.07) is 14.1. The van der Waals surface area contributed by atoms with Gasteiger partial charge in [-0.1, -0.05) is 36.4 Å². The molecule has 0 aliphatic carbocycles. The van der Waals surface area contributed by atoms with Crippen molar-refractivity contribution in [2.24, 2.45) is 0 Å². The fourth-order valence-corrected chi connectivity index (χ4v) is 2.43.